The van der Waals surface area contributed by atoms with Crippen molar-refractivity contribution in [3.8, 4) is 0 Å². The van der Waals surface area contributed by atoms with Crippen LogP contribution in [-0.2, 0) is 6.54 Å². The van der Waals surface area contributed by atoms with Gasteiger partial charge in [-0.25, -0.2) is 0 Å². The maximum Gasteiger partial charge on any atom is 0.0271 e. The van der Waals surface area contributed by atoms with Gasteiger partial charge in [-0.3, -0.25) is 9.88 Å². The average molecular weight is 205 g/mol. The monoisotopic (exact) mass is 205 g/mol. The zero-order chi connectivity index (χ0) is 10.7. The molecular weight excluding hydrogens is 186 g/mol. The highest BCUT2D eigenvalue weighted by atomic mass is 15.2. The van der Waals surface area contributed by atoms with Gasteiger partial charge >= 0.3 is 0 Å². The quantitative estimate of drug-likeness (QED) is 0.807. The summed E-state index contributed by atoms with van der Waals surface area (Å²) in [5, 5.41) is 0. The number of nitrogens with two attached hydrogens (primary N) is 1. The van der Waals surface area contributed by atoms with Crippen LogP contribution in [-0.4, -0.2) is 28.5 Å². The van der Waals surface area contributed by atoms with E-state index in [2.05, 4.69) is 28.9 Å². The molecule has 3 heteroatoms. The van der Waals surface area contributed by atoms with Gasteiger partial charge in [0.1, 0.15) is 0 Å². The molecular formula is C12H19N3. The number of pyridine rings is 1. The van der Waals surface area contributed by atoms with E-state index in [4.69, 9.17) is 5.73 Å². The summed E-state index contributed by atoms with van der Waals surface area (Å²) >= 11 is 0. The van der Waals surface area contributed by atoms with Gasteiger partial charge in [-0.2, -0.15) is 0 Å². The predicted molar refractivity (Wildman–Crippen MR) is 61.3 cm³/mol. The minimum absolute atomic E-state index is 0.432. The Labute approximate surface area is 91.3 Å². The van der Waals surface area contributed by atoms with Crippen LogP contribution in [0.25, 0.3) is 0 Å². The summed E-state index contributed by atoms with van der Waals surface area (Å²) in [6, 6.07) is 5.29. The fourth-order valence-electron chi connectivity index (χ4n) is 2.15. The van der Waals surface area contributed by atoms with Gasteiger partial charge < -0.3 is 5.73 Å². The second kappa shape index (κ2) is 4.73. The maximum atomic E-state index is 5.82. The molecule has 1 aliphatic rings. The Morgan fingerprint density at radius 3 is 2.60 bits per heavy atom. The van der Waals surface area contributed by atoms with Crippen LogP contribution < -0.4 is 5.73 Å². The number of hydrogen-bond acceptors (Lipinski definition) is 3. The van der Waals surface area contributed by atoms with E-state index in [-0.39, 0.29) is 0 Å². The third kappa shape index (κ3) is 2.55. The highest BCUT2D eigenvalue weighted by Crippen LogP contribution is 2.25. The Hall–Kier alpha value is -0.930. The van der Waals surface area contributed by atoms with Crippen LogP contribution in [0.15, 0.2) is 24.5 Å². The first kappa shape index (κ1) is 10.6. The summed E-state index contributed by atoms with van der Waals surface area (Å²) < 4.78 is 0. The Morgan fingerprint density at radius 1 is 1.40 bits per heavy atom. The molecule has 0 bridgehead atoms. The van der Waals surface area contributed by atoms with Crippen molar-refractivity contribution in [3.05, 3.63) is 30.1 Å². The SMILES string of the molecule is CCN(Cc1ccncc1)C1CC(N)C1. The van der Waals surface area contributed by atoms with Crippen LogP contribution in [0.3, 0.4) is 0 Å². The molecule has 1 aromatic rings. The van der Waals surface area contributed by atoms with E-state index in [9.17, 15) is 0 Å². The Bertz CT molecular complexity index is 293. The Morgan fingerprint density at radius 2 is 2.07 bits per heavy atom. The highest BCUT2D eigenvalue weighted by molar-refractivity contribution is 5.10. The smallest absolute Gasteiger partial charge is 0.0271 e. The van der Waals surface area contributed by atoms with Gasteiger partial charge in [-0.15, -0.1) is 0 Å². The van der Waals surface area contributed by atoms with Crippen molar-refractivity contribution < 1.29 is 0 Å². The molecule has 0 spiro atoms. The molecule has 1 aliphatic carbocycles. The number of hydrogen-bond donors (Lipinski definition) is 1. The molecule has 1 aromatic heterocycles. The molecule has 2 rings (SSSR count). The predicted octanol–water partition coefficient (Wildman–Crippen LogP) is 1.39. The second-order valence-corrected chi connectivity index (χ2v) is 4.30. The van der Waals surface area contributed by atoms with Crippen LogP contribution in [0, 0.1) is 0 Å². The minimum atomic E-state index is 0.432. The molecule has 2 N–H and O–H groups in total. The molecule has 0 aromatic carbocycles. The molecule has 0 amide bonds. The first-order chi connectivity index (χ1) is 7.29. The lowest BCUT2D eigenvalue weighted by molar-refractivity contribution is 0.109. The lowest BCUT2D eigenvalue weighted by atomic mass is 9.86. The van der Waals surface area contributed by atoms with Crippen LogP contribution >= 0.6 is 0 Å². The molecule has 82 valence electrons. The van der Waals surface area contributed by atoms with Crippen molar-refractivity contribution in [1.29, 1.82) is 0 Å². The number of aromatic nitrogens is 1. The average Bonchev–Trinajstić information content (AvgIpc) is 2.23. The van der Waals surface area contributed by atoms with Gasteiger partial charge in [0, 0.05) is 31.0 Å². The molecule has 1 fully saturated rings. The molecule has 0 unspecified atom stereocenters. The van der Waals surface area contributed by atoms with Crippen molar-refractivity contribution >= 4 is 0 Å². The maximum absolute atomic E-state index is 5.82. The first-order valence-corrected chi connectivity index (χ1v) is 5.68. The topological polar surface area (TPSA) is 42.2 Å². The Kier molecular flexibility index (Phi) is 3.34. The van der Waals surface area contributed by atoms with E-state index >= 15 is 0 Å². The van der Waals surface area contributed by atoms with Gasteiger partial charge in [0.15, 0.2) is 0 Å². The van der Waals surface area contributed by atoms with Crippen molar-refractivity contribution in [2.75, 3.05) is 6.54 Å². The van der Waals surface area contributed by atoms with Crippen molar-refractivity contribution in [1.82, 2.24) is 9.88 Å². The summed E-state index contributed by atoms with van der Waals surface area (Å²) in [6.07, 6.45) is 6.02. The van der Waals surface area contributed by atoms with Gasteiger partial charge in [0.2, 0.25) is 0 Å². The highest BCUT2D eigenvalue weighted by Gasteiger charge is 2.30. The minimum Gasteiger partial charge on any atom is -0.328 e. The molecule has 0 saturated heterocycles. The van der Waals surface area contributed by atoms with Crippen LogP contribution in [0.4, 0.5) is 0 Å². The van der Waals surface area contributed by atoms with E-state index in [1.807, 2.05) is 12.4 Å². The van der Waals surface area contributed by atoms with E-state index in [0.29, 0.717) is 12.1 Å². The molecule has 1 saturated carbocycles. The summed E-state index contributed by atoms with van der Waals surface area (Å²) in [6.45, 7) is 4.33. The summed E-state index contributed by atoms with van der Waals surface area (Å²) in [4.78, 5) is 6.53. The van der Waals surface area contributed by atoms with Gasteiger partial charge in [-0.1, -0.05) is 6.92 Å². The summed E-state index contributed by atoms with van der Waals surface area (Å²) in [5.41, 5.74) is 7.16. The molecule has 0 aliphatic heterocycles. The lowest BCUT2D eigenvalue weighted by Gasteiger charge is -2.41. The number of rotatable bonds is 4. The lowest BCUT2D eigenvalue weighted by Crippen LogP contribution is -2.50. The third-order valence-electron chi connectivity index (χ3n) is 3.21. The normalized spacial score (nSPS) is 25.3. The van der Waals surface area contributed by atoms with Crippen molar-refractivity contribution in [2.45, 2.75) is 38.4 Å². The Balaban J connectivity index is 1.91. The third-order valence-corrected chi connectivity index (χ3v) is 3.21. The van der Waals surface area contributed by atoms with Gasteiger partial charge in [0.05, 0.1) is 0 Å². The molecule has 0 radical (unpaired) electrons. The van der Waals surface area contributed by atoms with Gasteiger partial charge in [-0.05, 0) is 37.1 Å². The first-order valence-electron chi connectivity index (χ1n) is 5.68. The van der Waals surface area contributed by atoms with Crippen molar-refractivity contribution in [2.24, 2.45) is 5.73 Å². The largest absolute Gasteiger partial charge is 0.328 e. The van der Waals surface area contributed by atoms with Crippen LogP contribution in [0.1, 0.15) is 25.3 Å². The second-order valence-electron chi connectivity index (χ2n) is 4.30. The molecule has 0 atom stereocenters. The van der Waals surface area contributed by atoms with E-state index < -0.39 is 0 Å². The zero-order valence-corrected chi connectivity index (χ0v) is 9.26. The fourth-order valence-corrected chi connectivity index (χ4v) is 2.15. The standard InChI is InChI=1S/C12H19N3/c1-2-15(12-7-11(13)8-12)9-10-3-5-14-6-4-10/h3-6,11-12H,2,7-9,13H2,1H3. The van der Waals surface area contributed by atoms with Gasteiger partial charge in [0.25, 0.3) is 0 Å². The van der Waals surface area contributed by atoms with Crippen LogP contribution in [0.5, 0.6) is 0 Å². The fraction of sp³-hybridized carbons (Fsp3) is 0.583. The molecule has 1 heterocycles. The van der Waals surface area contributed by atoms with Crippen molar-refractivity contribution in [3.63, 3.8) is 0 Å². The molecule has 15 heavy (non-hydrogen) atoms. The van der Waals surface area contributed by atoms with E-state index in [1.165, 1.54) is 5.56 Å². The van der Waals surface area contributed by atoms with E-state index in [1.54, 1.807) is 0 Å². The summed E-state index contributed by atoms with van der Waals surface area (Å²) in [7, 11) is 0. The zero-order valence-electron chi connectivity index (χ0n) is 9.26. The summed E-state index contributed by atoms with van der Waals surface area (Å²) in [5.74, 6) is 0. The van der Waals surface area contributed by atoms with E-state index in [0.717, 1.165) is 25.9 Å². The van der Waals surface area contributed by atoms with Crippen LogP contribution in [0.2, 0.25) is 0 Å². The molecule has 3 nitrogen and oxygen atoms in total. The number of nitrogens with zero attached hydrogens (tertiary/aromatic N) is 2.